The van der Waals surface area contributed by atoms with Gasteiger partial charge in [-0.05, 0) is 24.6 Å². The minimum Gasteiger partial charge on any atom is -0.294 e. The number of carbonyl (C=O) groups excluding carboxylic acids is 1. The van der Waals surface area contributed by atoms with Crippen molar-refractivity contribution < 1.29 is 13.2 Å². The molecule has 0 unspecified atom stereocenters. The zero-order valence-corrected chi connectivity index (χ0v) is 11.9. The fraction of sp³-hybridized carbons (Fsp3) is 0.308. The minimum atomic E-state index is -3.63. The van der Waals surface area contributed by atoms with Gasteiger partial charge in [0, 0.05) is 12.0 Å². The van der Waals surface area contributed by atoms with E-state index in [4.69, 9.17) is 5.26 Å². The SMILES string of the molecule is CCCC(=O)c1ccc2c(c1)nc(C#N)n2S(C)(=O)=O. The van der Waals surface area contributed by atoms with Gasteiger partial charge < -0.3 is 0 Å². The van der Waals surface area contributed by atoms with E-state index >= 15 is 0 Å². The molecule has 0 amide bonds. The van der Waals surface area contributed by atoms with Gasteiger partial charge in [-0.1, -0.05) is 6.92 Å². The Morgan fingerprint density at radius 3 is 2.70 bits per heavy atom. The summed E-state index contributed by atoms with van der Waals surface area (Å²) in [5.74, 6) is -0.232. The number of nitrogens with zero attached hydrogens (tertiary/aromatic N) is 3. The Morgan fingerprint density at radius 2 is 2.15 bits per heavy atom. The van der Waals surface area contributed by atoms with Gasteiger partial charge >= 0.3 is 0 Å². The van der Waals surface area contributed by atoms with Crippen molar-refractivity contribution in [3.05, 3.63) is 29.6 Å². The largest absolute Gasteiger partial charge is 0.294 e. The highest BCUT2D eigenvalue weighted by Gasteiger charge is 2.19. The van der Waals surface area contributed by atoms with Crippen LogP contribution >= 0.6 is 0 Å². The van der Waals surface area contributed by atoms with Gasteiger partial charge in [-0.2, -0.15) is 5.26 Å². The monoisotopic (exact) mass is 291 g/mol. The van der Waals surface area contributed by atoms with E-state index in [0.29, 0.717) is 23.0 Å². The highest BCUT2D eigenvalue weighted by molar-refractivity contribution is 7.89. The molecule has 0 aliphatic carbocycles. The van der Waals surface area contributed by atoms with Crippen LogP contribution in [0.25, 0.3) is 11.0 Å². The van der Waals surface area contributed by atoms with Crippen molar-refractivity contribution in [2.24, 2.45) is 0 Å². The van der Waals surface area contributed by atoms with E-state index in [1.54, 1.807) is 12.1 Å². The highest BCUT2D eigenvalue weighted by Crippen LogP contribution is 2.20. The number of benzene rings is 1. The molecule has 2 aromatic rings. The van der Waals surface area contributed by atoms with Gasteiger partial charge in [-0.25, -0.2) is 17.4 Å². The van der Waals surface area contributed by atoms with Crippen LogP contribution < -0.4 is 0 Å². The van der Waals surface area contributed by atoms with Crippen LogP contribution in [0.4, 0.5) is 0 Å². The smallest absolute Gasteiger partial charge is 0.238 e. The Balaban J connectivity index is 2.69. The van der Waals surface area contributed by atoms with E-state index in [9.17, 15) is 13.2 Å². The summed E-state index contributed by atoms with van der Waals surface area (Å²) < 4.78 is 24.3. The Kier molecular flexibility index (Phi) is 3.59. The lowest BCUT2D eigenvalue weighted by Gasteiger charge is -2.02. The normalized spacial score (nSPS) is 11.4. The number of Topliss-reactive ketones (excluding diaryl/α,β-unsaturated/α-hetero) is 1. The zero-order valence-electron chi connectivity index (χ0n) is 11.1. The Bertz CT molecular complexity index is 828. The maximum atomic E-state index is 11.8. The molecule has 0 saturated carbocycles. The number of carbonyl (C=O) groups is 1. The second kappa shape index (κ2) is 5.06. The highest BCUT2D eigenvalue weighted by atomic mass is 32.2. The average Bonchev–Trinajstić information content (AvgIpc) is 2.76. The summed E-state index contributed by atoms with van der Waals surface area (Å²) >= 11 is 0. The van der Waals surface area contributed by atoms with Crippen molar-refractivity contribution in [2.45, 2.75) is 19.8 Å². The molecule has 2 rings (SSSR count). The van der Waals surface area contributed by atoms with E-state index < -0.39 is 10.0 Å². The predicted octanol–water partition coefficient (Wildman–Crippen LogP) is 1.70. The molecule has 0 spiro atoms. The van der Waals surface area contributed by atoms with Crippen molar-refractivity contribution in [1.82, 2.24) is 8.96 Å². The molecule has 1 aromatic carbocycles. The lowest BCUT2D eigenvalue weighted by molar-refractivity contribution is 0.0982. The number of fused-ring (bicyclic) bond motifs is 1. The topological polar surface area (TPSA) is 92.8 Å². The molecule has 1 heterocycles. The van der Waals surface area contributed by atoms with Gasteiger partial charge in [0.05, 0.1) is 17.3 Å². The van der Waals surface area contributed by atoms with E-state index in [1.165, 1.54) is 12.1 Å². The molecule has 0 aliphatic rings. The molecular weight excluding hydrogens is 278 g/mol. The molecule has 0 atom stereocenters. The Labute approximate surface area is 116 Å². The summed E-state index contributed by atoms with van der Waals surface area (Å²) in [7, 11) is -3.63. The van der Waals surface area contributed by atoms with Crippen LogP contribution in [0.3, 0.4) is 0 Å². The minimum absolute atomic E-state index is 0.0261. The van der Waals surface area contributed by atoms with Crippen molar-refractivity contribution in [3.8, 4) is 6.07 Å². The molecule has 1 aromatic heterocycles. The maximum absolute atomic E-state index is 11.8. The molecule has 0 fully saturated rings. The number of aromatic nitrogens is 2. The molecule has 0 saturated heterocycles. The first-order chi connectivity index (χ1) is 9.38. The summed E-state index contributed by atoms with van der Waals surface area (Å²) in [6, 6.07) is 6.34. The van der Waals surface area contributed by atoms with Crippen LogP contribution in [-0.4, -0.2) is 29.4 Å². The summed E-state index contributed by atoms with van der Waals surface area (Å²) in [5, 5.41) is 8.98. The first kappa shape index (κ1) is 14.2. The molecule has 0 radical (unpaired) electrons. The number of nitriles is 1. The van der Waals surface area contributed by atoms with Gasteiger partial charge in [-0.15, -0.1) is 0 Å². The van der Waals surface area contributed by atoms with Crippen LogP contribution in [0, 0.1) is 11.3 Å². The van der Waals surface area contributed by atoms with Crippen LogP contribution in [0.1, 0.15) is 35.9 Å². The summed E-state index contributed by atoms with van der Waals surface area (Å²) in [6.45, 7) is 1.91. The number of imidazole rings is 1. The van der Waals surface area contributed by atoms with Gasteiger partial charge in [0.2, 0.25) is 15.8 Å². The lowest BCUT2D eigenvalue weighted by Crippen LogP contribution is -2.12. The molecule has 20 heavy (non-hydrogen) atoms. The fourth-order valence-corrected chi connectivity index (χ4v) is 2.92. The molecule has 104 valence electrons. The maximum Gasteiger partial charge on any atom is 0.238 e. The van der Waals surface area contributed by atoms with E-state index in [2.05, 4.69) is 4.98 Å². The summed E-state index contributed by atoms with van der Waals surface area (Å²) in [4.78, 5) is 15.8. The molecule has 0 N–H and O–H groups in total. The lowest BCUT2D eigenvalue weighted by atomic mass is 10.1. The van der Waals surface area contributed by atoms with Gasteiger partial charge in [0.1, 0.15) is 6.07 Å². The molecule has 0 aliphatic heterocycles. The van der Waals surface area contributed by atoms with Crippen molar-refractivity contribution >= 4 is 26.8 Å². The molecule has 0 bridgehead atoms. The first-order valence-electron chi connectivity index (χ1n) is 6.05. The van der Waals surface area contributed by atoms with E-state index in [0.717, 1.165) is 16.6 Å². The molecule has 6 nitrogen and oxygen atoms in total. The van der Waals surface area contributed by atoms with Crippen LogP contribution in [0.5, 0.6) is 0 Å². The Hall–Kier alpha value is -2.20. The second-order valence-corrected chi connectivity index (χ2v) is 6.28. The van der Waals surface area contributed by atoms with Crippen molar-refractivity contribution in [1.29, 1.82) is 5.26 Å². The van der Waals surface area contributed by atoms with Crippen molar-refractivity contribution in [2.75, 3.05) is 6.26 Å². The number of hydrogen-bond donors (Lipinski definition) is 0. The summed E-state index contributed by atoms with van der Waals surface area (Å²) in [5.41, 5.74) is 1.10. The standard InChI is InChI=1S/C13H13N3O3S/c1-3-4-12(17)9-5-6-11-10(7-9)15-13(8-14)16(11)20(2,18)19/h5-7H,3-4H2,1-2H3. The first-order valence-corrected chi connectivity index (χ1v) is 7.89. The number of hydrogen-bond acceptors (Lipinski definition) is 5. The molecular formula is C13H13N3O3S. The van der Waals surface area contributed by atoms with E-state index in [1.807, 2.05) is 6.92 Å². The summed E-state index contributed by atoms with van der Waals surface area (Å²) in [6.07, 6.45) is 2.16. The van der Waals surface area contributed by atoms with Gasteiger partial charge in [0.15, 0.2) is 5.78 Å². The van der Waals surface area contributed by atoms with Crippen LogP contribution in [0.15, 0.2) is 18.2 Å². The average molecular weight is 291 g/mol. The quantitative estimate of drug-likeness (QED) is 0.799. The fourth-order valence-electron chi connectivity index (χ4n) is 2.01. The number of rotatable bonds is 4. The van der Waals surface area contributed by atoms with Crippen LogP contribution in [0.2, 0.25) is 0 Å². The van der Waals surface area contributed by atoms with Crippen LogP contribution in [-0.2, 0) is 10.0 Å². The third kappa shape index (κ3) is 2.42. The van der Waals surface area contributed by atoms with Gasteiger partial charge in [-0.3, -0.25) is 4.79 Å². The molecule has 7 heteroatoms. The third-order valence-corrected chi connectivity index (χ3v) is 3.88. The van der Waals surface area contributed by atoms with Crippen molar-refractivity contribution in [3.63, 3.8) is 0 Å². The Morgan fingerprint density at radius 1 is 1.45 bits per heavy atom. The predicted molar refractivity (Wildman–Crippen MR) is 73.9 cm³/mol. The number of ketones is 1. The van der Waals surface area contributed by atoms with Gasteiger partial charge in [0.25, 0.3) is 0 Å². The zero-order chi connectivity index (χ0) is 14.9. The third-order valence-electron chi connectivity index (χ3n) is 2.84. The second-order valence-electron chi connectivity index (χ2n) is 4.45. The van der Waals surface area contributed by atoms with E-state index in [-0.39, 0.29) is 11.6 Å².